The Morgan fingerprint density at radius 1 is 1.07 bits per heavy atom. The molecule has 27 heavy (non-hydrogen) atoms. The molecule has 7 heteroatoms. The van der Waals surface area contributed by atoms with Gasteiger partial charge < -0.3 is 5.32 Å². The second kappa shape index (κ2) is 9.66. The number of benzene rings is 1. The fourth-order valence-corrected chi connectivity index (χ4v) is 4.75. The lowest BCUT2D eigenvalue weighted by molar-refractivity contribution is -0.123. The Morgan fingerprint density at radius 3 is 2.19 bits per heavy atom. The van der Waals surface area contributed by atoms with Crippen LogP contribution in [0.4, 0.5) is 0 Å². The highest BCUT2D eigenvalue weighted by Crippen LogP contribution is 2.21. The van der Waals surface area contributed by atoms with Crippen molar-refractivity contribution >= 4 is 15.9 Å². The molecule has 1 fully saturated rings. The minimum absolute atomic E-state index is 0.0107. The topological polar surface area (TPSA) is 69.7 Å². The number of sulfonamides is 1. The minimum Gasteiger partial charge on any atom is -0.353 e. The maximum Gasteiger partial charge on any atom is 0.243 e. The zero-order valence-electron chi connectivity index (χ0n) is 16.9. The van der Waals surface area contributed by atoms with Crippen molar-refractivity contribution < 1.29 is 13.2 Å². The van der Waals surface area contributed by atoms with E-state index in [0.717, 1.165) is 18.4 Å². The number of piperazine rings is 1. The fraction of sp³-hybridized carbons (Fsp3) is 0.650. The number of amides is 1. The minimum atomic E-state index is -3.48. The van der Waals surface area contributed by atoms with Crippen molar-refractivity contribution in [3.05, 3.63) is 29.8 Å². The molecule has 1 N–H and O–H groups in total. The van der Waals surface area contributed by atoms with Gasteiger partial charge in [-0.2, -0.15) is 4.31 Å². The third-order valence-electron chi connectivity index (χ3n) is 5.01. The summed E-state index contributed by atoms with van der Waals surface area (Å²) in [6.07, 6.45) is 2.00. The number of carbonyl (C=O) groups excluding carboxylic acids is 1. The van der Waals surface area contributed by atoms with Gasteiger partial charge in [-0.3, -0.25) is 9.69 Å². The molecule has 2 rings (SSSR count). The Kier molecular flexibility index (Phi) is 7.82. The summed E-state index contributed by atoms with van der Waals surface area (Å²) in [4.78, 5) is 14.5. The van der Waals surface area contributed by atoms with Crippen LogP contribution in [0, 0.1) is 0 Å². The van der Waals surface area contributed by atoms with Crippen molar-refractivity contribution in [1.29, 1.82) is 0 Å². The molecule has 1 aromatic rings. The predicted octanol–water partition coefficient (Wildman–Crippen LogP) is 2.42. The van der Waals surface area contributed by atoms with Gasteiger partial charge in [-0.15, -0.1) is 0 Å². The third kappa shape index (κ3) is 6.02. The summed E-state index contributed by atoms with van der Waals surface area (Å²) in [5.41, 5.74) is 1.13. The van der Waals surface area contributed by atoms with Crippen LogP contribution in [0.3, 0.4) is 0 Å². The van der Waals surface area contributed by atoms with E-state index in [1.54, 1.807) is 12.1 Å². The van der Waals surface area contributed by atoms with Gasteiger partial charge in [-0.05, 0) is 37.0 Å². The molecule has 1 aliphatic heterocycles. The van der Waals surface area contributed by atoms with Gasteiger partial charge in [-0.25, -0.2) is 8.42 Å². The van der Waals surface area contributed by atoms with Crippen molar-refractivity contribution in [3.63, 3.8) is 0 Å². The molecule has 1 saturated heterocycles. The summed E-state index contributed by atoms with van der Waals surface area (Å²) >= 11 is 0. The number of nitrogens with one attached hydrogen (secondary N) is 1. The lowest BCUT2D eigenvalue weighted by Gasteiger charge is -2.33. The molecule has 0 aliphatic carbocycles. The van der Waals surface area contributed by atoms with Crippen LogP contribution in [0.5, 0.6) is 0 Å². The van der Waals surface area contributed by atoms with Crippen LogP contribution in [-0.2, 0) is 14.8 Å². The molecule has 1 amide bonds. The Labute approximate surface area is 164 Å². The lowest BCUT2D eigenvalue weighted by Crippen LogP contribution is -2.51. The molecule has 0 aromatic heterocycles. The van der Waals surface area contributed by atoms with Crippen LogP contribution in [-0.4, -0.2) is 62.3 Å². The van der Waals surface area contributed by atoms with E-state index >= 15 is 0 Å². The molecule has 152 valence electrons. The van der Waals surface area contributed by atoms with Crippen molar-refractivity contribution in [2.75, 3.05) is 32.7 Å². The molecule has 0 saturated carbocycles. The lowest BCUT2D eigenvalue weighted by atomic mass is 10.0. The van der Waals surface area contributed by atoms with Crippen molar-refractivity contribution in [3.8, 4) is 0 Å². The molecule has 0 spiro atoms. The Hall–Kier alpha value is -1.44. The highest BCUT2D eigenvalue weighted by Gasteiger charge is 2.29. The molecule has 0 bridgehead atoms. The van der Waals surface area contributed by atoms with Crippen LogP contribution in [0.25, 0.3) is 0 Å². The van der Waals surface area contributed by atoms with Crippen LogP contribution < -0.4 is 5.32 Å². The van der Waals surface area contributed by atoms with Crippen LogP contribution >= 0.6 is 0 Å². The van der Waals surface area contributed by atoms with Gasteiger partial charge in [0.2, 0.25) is 15.9 Å². The summed E-state index contributed by atoms with van der Waals surface area (Å²) in [5, 5.41) is 3.00. The number of carbonyl (C=O) groups is 1. The van der Waals surface area contributed by atoms with E-state index in [1.165, 1.54) is 4.31 Å². The van der Waals surface area contributed by atoms with E-state index in [9.17, 15) is 13.2 Å². The van der Waals surface area contributed by atoms with E-state index in [4.69, 9.17) is 0 Å². The molecule has 0 radical (unpaired) electrons. The SMILES string of the molecule is CCC[C@@H](C)NC(=O)CN1CCN(S(=O)(=O)c2ccc(C(C)C)cc2)CC1. The number of hydrogen-bond acceptors (Lipinski definition) is 4. The summed E-state index contributed by atoms with van der Waals surface area (Å²) < 4.78 is 27.2. The number of nitrogens with zero attached hydrogens (tertiary/aromatic N) is 2. The van der Waals surface area contributed by atoms with Gasteiger partial charge in [0, 0.05) is 32.2 Å². The highest BCUT2D eigenvalue weighted by molar-refractivity contribution is 7.89. The van der Waals surface area contributed by atoms with Crippen molar-refractivity contribution in [1.82, 2.24) is 14.5 Å². The molecule has 1 heterocycles. The summed E-state index contributed by atoms with van der Waals surface area (Å²) in [6, 6.07) is 7.34. The zero-order valence-corrected chi connectivity index (χ0v) is 17.8. The first-order valence-electron chi connectivity index (χ1n) is 9.85. The molecule has 1 atom stereocenters. The van der Waals surface area contributed by atoms with Gasteiger partial charge in [0.1, 0.15) is 0 Å². The monoisotopic (exact) mass is 395 g/mol. The van der Waals surface area contributed by atoms with Gasteiger partial charge in [0.25, 0.3) is 0 Å². The normalized spacial score (nSPS) is 17.8. The quantitative estimate of drug-likeness (QED) is 0.734. The first-order chi connectivity index (χ1) is 12.7. The Balaban J connectivity index is 1.89. The van der Waals surface area contributed by atoms with Gasteiger partial charge >= 0.3 is 0 Å². The fourth-order valence-electron chi connectivity index (χ4n) is 3.33. The van der Waals surface area contributed by atoms with E-state index in [0.29, 0.717) is 43.5 Å². The van der Waals surface area contributed by atoms with Crippen LogP contribution in [0.1, 0.15) is 52.0 Å². The van der Waals surface area contributed by atoms with E-state index in [-0.39, 0.29) is 11.9 Å². The Bertz CT molecular complexity index is 708. The predicted molar refractivity (Wildman–Crippen MR) is 108 cm³/mol. The molecular weight excluding hydrogens is 362 g/mol. The molecule has 1 aliphatic rings. The van der Waals surface area contributed by atoms with Gasteiger partial charge in [0.05, 0.1) is 11.4 Å². The first kappa shape index (κ1) is 21.9. The average molecular weight is 396 g/mol. The van der Waals surface area contributed by atoms with E-state index in [2.05, 4.69) is 26.1 Å². The smallest absolute Gasteiger partial charge is 0.243 e. The maximum absolute atomic E-state index is 12.8. The summed E-state index contributed by atoms with van der Waals surface area (Å²) in [5.74, 6) is 0.382. The standard InChI is InChI=1S/C20H33N3O3S/c1-5-6-17(4)21-20(24)15-22-11-13-23(14-12-22)27(25,26)19-9-7-18(8-10-19)16(2)3/h7-10,16-17H,5-6,11-15H2,1-4H3,(H,21,24)/t17-/m1/s1. The van der Waals surface area contributed by atoms with Gasteiger partial charge in [-0.1, -0.05) is 39.3 Å². The maximum atomic E-state index is 12.8. The second-order valence-corrected chi connectivity index (χ2v) is 9.60. The molecule has 6 nitrogen and oxygen atoms in total. The van der Waals surface area contributed by atoms with Gasteiger partial charge in [0.15, 0.2) is 0 Å². The number of hydrogen-bond donors (Lipinski definition) is 1. The Morgan fingerprint density at radius 2 is 1.67 bits per heavy atom. The molecule has 0 unspecified atom stereocenters. The van der Waals surface area contributed by atoms with E-state index < -0.39 is 10.0 Å². The van der Waals surface area contributed by atoms with Crippen molar-refractivity contribution in [2.45, 2.75) is 57.4 Å². The highest BCUT2D eigenvalue weighted by atomic mass is 32.2. The average Bonchev–Trinajstić information content (AvgIpc) is 2.62. The second-order valence-electron chi connectivity index (χ2n) is 7.66. The van der Waals surface area contributed by atoms with Crippen LogP contribution in [0.2, 0.25) is 0 Å². The summed E-state index contributed by atoms with van der Waals surface area (Å²) in [7, 11) is -3.48. The molecular formula is C20H33N3O3S. The number of rotatable bonds is 8. The van der Waals surface area contributed by atoms with E-state index in [1.807, 2.05) is 24.0 Å². The zero-order chi connectivity index (χ0) is 20.0. The van der Waals surface area contributed by atoms with Crippen LogP contribution in [0.15, 0.2) is 29.2 Å². The summed E-state index contributed by atoms with van der Waals surface area (Å²) in [6.45, 7) is 10.6. The first-order valence-corrected chi connectivity index (χ1v) is 11.3. The largest absolute Gasteiger partial charge is 0.353 e. The van der Waals surface area contributed by atoms with Crippen molar-refractivity contribution in [2.24, 2.45) is 0 Å². The molecule has 1 aromatic carbocycles. The third-order valence-corrected chi connectivity index (χ3v) is 6.92.